The fourth-order valence-electron chi connectivity index (χ4n) is 7.29. The number of allylic oxidation sites excluding steroid dienone is 3. The van der Waals surface area contributed by atoms with Gasteiger partial charge in [0.25, 0.3) is 5.91 Å². The third kappa shape index (κ3) is 8.15. The molecule has 0 saturated heterocycles. The maximum absolute atomic E-state index is 15.9. The van der Waals surface area contributed by atoms with Gasteiger partial charge in [-0.05, 0) is 91.5 Å². The van der Waals surface area contributed by atoms with Gasteiger partial charge in [0.05, 0.1) is 25.8 Å². The molecule has 3 amide bonds. The number of hydrogen-bond acceptors (Lipinski definition) is 7. The third-order valence-corrected chi connectivity index (χ3v) is 9.71. The van der Waals surface area contributed by atoms with Gasteiger partial charge in [0.1, 0.15) is 17.5 Å². The number of benzene rings is 3. The largest absolute Gasteiger partial charge is 0.737 e. The number of carbonyl (C=O) groups excluding carboxylic acids is 4. The van der Waals surface area contributed by atoms with Crippen LogP contribution >= 0.6 is 0 Å². The number of aryl methyl sites for hydroxylation is 2. The van der Waals surface area contributed by atoms with Crippen molar-refractivity contribution >= 4 is 52.9 Å². The highest BCUT2D eigenvalue weighted by Gasteiger charge is 2.54. The Morgan fingerprint density at radius 3 is 2.38 bits per heavy atom. The minimum absolute atomic E-state index is 0.0549. The van der Waals surface area contributed by atoms with E-state index in [-0.39, 0.29) is 18.6 Å². The van der Waals surface area contributed by atoms with E-state index in [1.54, 1.807) is 38.1 Å². The molecule has 0 bridgehead atoms. The highest BCUT2D eigenvalue weighted by atomic mass is 19.2. The number of carbonyl (C=O) groups is 4. The number of amides is 3. The number of aromatic nitrogens is 1. The summed E-state index contributed by atoms with van der Waals surface area (Å²) in [5, 5.41) is 7.02. The third-order valence-electron chi connectivity index (χ3n) is 9.71. The number of halogens is 2. The van der Waals surface area contributed by atoms with Crippen molar-refractivity contribution < 1.29 is 46.6 Å². The number of ether oxygens (including phenoxy) is 2. The van der Waals surface area contributed by atoms with Gasteiger partial charge in [-0.2, -0.15) is 5.48 Å². The second-order valence-electron chi connectivity index (χ2n) is 13.6. The van der Waals surface area contributed by atoms with Crippen LogP contribution in [0.1, 0.15) is 59.6 Å². The number of nitrogens with one attached hydrogen (secondary N) is 3. The van der Waals surface area contributed by atoms with E-state index in [1.165, 1.54) is 19.2 Å². The van der Waals surface area contributed by atoms with E-state index in [0.29, 0.717) is 41.4 Å². The first-order chi connectivity index (χ1) is 26.3. The molecule has 0 spiro atoms. The average Bonchev–Trinajstić information content (AvgIpc) is 3.65. The van der Waals surface area contributed by atoms with E-state index in [1.807, 2.05) is 61.8 Å². The lowest BCUT2D eigenvalue weighted by Crippen LogP contribution is -2.51. The first-order valence-electron chi connectivity index (χ1n) is 17.9. The summed E-state index contributed by atoms with van der Waals surface area (Å²) in [7, 11) is 1.49. The monoisotopic (exact) mass is 753 g/mol. The Bertz CT molecular complexity index is 2280. The van der Waals surface area contributed by atoms with Gasteiger partial charge in [-0.3, -0.25) is 9.59 Å². The van der Waals surface area contributed by atoms with Crippen molar-refractivity contribution in [1.82, 2.24) is 20.6 Å². The minimum atomic E-state index is -4.09. The quantitative estimate of drug-likeness (QED) is 0.0949. The van der Waals surface area contributed by atoms with Gasteiger partial charge in [-0.15, -0.1) is 0 Å². The van der Waals surface area contributed by atoms with Gasteiger partial charge in [-0.1, -0.05) is 42.5 Å². The fourth-order valence-corrected chi connectivity index (χ4v) is 7.29. The Hall–Kier alpha value is -6.25. The number of alkyl carbamates (subject to hydrolysis) is 1. The zero-order valence-corrected chi connectivity index (χ0v) is 31.2. The molecular formula is C40H42BF2N5O7. The van der Waals surface area contributed by atoms with Crippen LogP contribution < -0.4 is 20.9 Å². The molecule has 1 atom stereocenters. The Labute approximate surface area is 316 Å². The number of hydrogen-bond donors (Lipinski definition) is 3. The predicted molar refractivity (Wildman–Crippen MR) is 204 cm³/mol. The molecule has 55 heavy (non-hydrogen) atoms. The maximum Gasteiger partial charge on any atom is 0.737 e. The SMILES string of the molecule is COc1ccc(C(=O)ONC(=O)CNC(=O)[C@@H](Cc2ccc3ccccc3c2)NC(=O)OCCCC2=C3C(C)=CC(C)=[N+]3[B-](F)(F)n3c(C)cc(C)c32)cc1. The molecule has 3 N–H and O–H groups in total. The predicted octanol–water partition coefficient (Wildman–Crippen LogP) is 5.77. The van der Waals surface area contributed by atoms with E-state index < -0.39 is 43.4 Å². The number of rotatable bonds is 12. The minimum Gasteiger partial charge on any atom is -0.497 e. The molecular weight excluding hydrogens is 711 g/mol. The number of nitrogens with zero attached hydrogens (tertiary/aromatic N) is 2. The lowest BCUT2D eigenvalue weighted by Gasteiger charge is -2.34. The second kappa shape index (κ2) is 16.0. The highest BCUT2D eigenvalue weighted by Crippen LogP contribution is 2.43. The summed E-state index contributed by atoms with van der Waals surface area (Å²) < 4.78 is 44.6. The molecule has 15 heteroatoms. The van der Waals surface area contributed by atoms with Crippen LogP contribution in [0.3, 0.4) is 0 Å². The molecule has 4 aromatic rings. The Balaban J connectivity index is 1.09. The van der Waals surface area contributed by atoms with E-state index in [9.17, 15) is 19.2 Å². The Morgan fingerprint density at radius 1 is 0.927 bits per heavy atom. The highest BCUT2D eigenvalue weighted by molar-refractivity contribution is 6.58. The number of methoxy groups -OCH3 is 1. The molecule has 2 aliphatic heterocycles. The van der Waals surface area contributed by atoms with Gasteiger partial charge in [0.15, 0.2) is 5.70 Å². The summed E-state index contributed by atoms with van der Waals surface area (Å²) in [5.74, 6) is -1.77. The molecule has 0 fully saturated rings. The molecule has 3 aromatic carbocycles. The smallest absolute Gasteiger partial charge is 0.497 e. The van der Waals surface area contributed by atoms with E-state index >= 15 is 8.63 Å². The van der Waals surface area contributed by atoms with E-state index in [2.05, 4.69) is 10.6 Å². The molecule has 3 heterocycles. The summed E-state index contributed by atoms with van der Waals surface area (Å²) in [5.41, 5.74) is 7.03. The molecule has 0 unspecified atom stereocenters. The van der Waals surface area contributed by atoms with Crippen LogP contribution in [0.2, 0.25) is 0 Å². The molecule has 0 radical (unpaired) electrons. The van der Waals surface area contributed by atoms with E-state index in [4.69, 9.17) is 14.3 Å². The first kappa shape index (κ1) is 38.5. The van der Waals surface area contributed by atoms with Crippen molar-refractivity contribution in [2.24, 2.45) is 0 Å². The topological polar surface area (TPSA) is 140 Å². The van der Waals surface area contributed by atoms with Crippen LogP contribution in [0, 0.1) is 13.8 Å². The van der Waals surface area contributed by atoms with Crippen molar-refractivity contribution in [2.75, 3.05) is 20.3 Å². The van der Waals surface area contributed by atoms with Gasteiger partial charge in [0, 0.05) is 36.3 Å². The zero-order valence-electron chi connectivity index (χ0n) is 31.2. The molecule has 1 aromatic heterocycles. The Morgan fingerprint density at radius 2 is 1.65 bits per heavy atom. The lowest BCUT2D eigenvalue weighted by molar-refractivity contribution is -0.363. The molecule has 2 aliphatic rings. The van der Waals surface area contributed by atoms with Crippen molar-refractivity contribution in [3.8, 4) is 5.75 Å². The van der Waals surface area contributed by atoms with Gasteiger partial charge in [-0.25, -0.2) is 9.59 Å². The molecule has 12 nitrogen and oxygen atoms in total. The number of fused-ring (bicyclic) bond motifs is 3. The summed E-state index contributed by atoms with van der Waals surface area (Å²) in [6, 6.07) is 20.0. The molecule has 0 aliphatic carbocycles. The van der Waals surface area contributed by atoms with Crippen LogP contribution in [0.25, 0.3) is 16.3 Å². The zero-order chi connectivity index (χ0) is 39.4. The van der Waals surface area contributed by atoms with Gasteiger partial charge in [0.2, 0.25) is 5.91 Å². The summed E-state index contributed by atoms with van der Waals surface area (Å²) in [6.07, 6.45) is 1.64. The first-order valence-corrected chi connectivity index (χ1v) is 17.9. The summed E-state index contributed by atoms with van der Waals surface area (Å²) >= 11 is 0. The summed E-state index contributed by atoms with van der Waals surface area (Å²) in [6.45, 7) is 2.27. The van der Waals surface area contributed by atoms with Crippen molar-refractivity contribution in [3.05, 3.63) is 118 Å². The van der Waals surface area contributed by atoms with E-state index in [0.717, 1.165) is 42.0 Å². The van der Waals surface area contributed by atoms with Crippen molar-refractivity contribution in [3.63, 3.8) is 0 Å². The second-order valence-corrected chi connectivity index (χ2v) is 13.6. The molecule has 0 saturated carbocycles. The lowest BCUT2D eigenvalue weighted by atomic mass is 9.85. The van der Waals surface area contributed by atoms with Crippen LogP contribution in [-0.4, -0.2) is 71.8 Å². The van der Waals surface area contributed by atoms with Crippen LogP contribution in [0.5, 0.6) is 5.75 Å². The number of hydroxylamine groups is 1. The maximum atomic E-state index is 15.9. The standard InChI is InChI=1S/C40H42BF2N5O7/c1-24-19-26(3)47-36(24)33(37-25(2)20-27(4)48(37)41(47,42)43)11-8-18-54-40(52)45-34(22-28-12-13-29-9-6-7-10-31(29)21-28)38(50)44-23-35(49)46-55-39(51)30-14-16-32(53-5)17-15-30/h6-7,9-10,12-17,19-21,34H,8,11,18,22-23H2,1-5H3,(H,44,50)(H,45,52)(H,46,49)/t34-/m1/s1. The normalized spacial score (nSPS) is 14.8. The van der Waals surface area contributed by atoms with Crippen LogP contribution in [-0.2, 0) is 25.6 Å². The Kier molecular flexibility index (Phi) is 11.2. The molecule has 6 rings (SSSR count). The van der Waals surface area contributed by atoms with Crippen LogP contribution in [0.4, 0.5) is 13.4 Å². The molecule has 286 valence electrons. The fraction of sp³-hybridized carbons (Fsp3) is 0.275. The van der Waals surface area contributed by atoms with Gasteiger partial charge >= 0.3 is 19.0 Å². The average molecular weight is 754 g/mol. The van der Waals surface area contributed by atoms with Crippen molar-refractivity contribution in [1.29, 1.82) is 0 Å². The van der Waals surface area contributed by atoms with Gasteiger partial charge < -0.3 is 42.5 Å². The van der Waals surface area contributed by atoms with Crippen LogP contribution in [0.15, 0.2) is 90.1 Å². The van der Waals surface area contributed by atoms with Crippen molar-refractivity contribution in [2.45, 2.75) is 53.0 Å². The summed E-state index contributed by atoms with van der Waals surface area (Å²) in [4.78, 5) is 56.2.